The highest BCUT2D eigenvalue weighted by Gasteiger charge is 2.16. The Hall–Kier alpha value is -1.02. The number of hydrogen-bond donors (Lipinski definition) is 1. The fourth-order valence-corrected chi connectivity index (χ4v) is 1.19. The number of aromatic hydroxyl groups is 1. The molecular weight excluding hydrogens is 188 g/mol. The Morgan fingerprint density at radius 3 is 2.69 bits per heavy atom. The van der Waals surface area contributed by atoms with Crippen LogP contribution in [0.5, 0.6) is 5.75 Å². The molecule has 0 saturated heterocycles. The van der Waals surface area contributed by atoms with Crippen molar-refractivity contribution in [3.8, 4) is 5.75 Å². The number of aryl methyl sites for hydroxylation is 1. The smallest absolute Gasteiger partial charge is 0.184 e. The van der Waals surface area contributed by atoms with Crippen molar-refractivity contribution in [2.45, 2.75) is 19.2 Å². The summed E-state index contributed by atoms with van der Waals surface area (Å²) in [6.45, 7) is 3.33. The zero-order valence-electron chi connectivity index (χ0n) is 7.54. The first-order valence-electron chi connectivity index (χ1n) is 4.01. The Bertz CT molecular complexity index is 332. The lowest BCUT2D eigenvalue weighted by atomic mass is 10.0. The van der Waals surface area contributed by atoms with Crippen LogP contribution in [-0.4, -0.2) is 16.3 Å². The second-order valence-electron chi connectivity index (χ2n) is 2.95. The van der Waals surface area contributed by atoms with Crippen LogP contribution in [0.15, 0.2) is 18.2 Å². The molecule has 0 fully saturated rings. The number of phenolic OH excluding ortho intramolecular Hbond substituents is 1. The summed E-state index contributed by atoms with van der Waals surface area (Å²) in [5, 5.41) is 8.93. The van der Waals surface area contributed by atoms with Crippen LogP contribution in [0.25, 0.3) is 0 Å². The number of carbonyl (C=O) groups is 1. The molecule has 0 aromatic heterocycles. The molecule has 70 valence electrons. The molecule has 1 rings (SSSR count). The van der Waals surface area contributed by atoms with Crippen LogP contribution in [-0.2, 0) is 0 Å². The number of Topliss-reactive ketones (excluding diaryl/α,β-unsaturated/α-hetero) is 1. The van der Waals surface area contributed by atoms with Crippen LogP contribution in [0.2, 0.25) is 0 Å². The lowest BCUT2D eigenvalue weighted by molar-refractivity contribution is 0.0989. The number of rotatable bonds is 2. The average molecular weight is 199 g/mol. The van der Waals surface area contributed by atoms with E-state index in [4.69, 9.17) is 11.6 Å². The predicted molar refractivity (Wildman–Crippen MR) is 52.5 cm³/mol. The highest BCUT2D eigenvalue weighted by molar-refractivity contribution is 6.33. The predicted octanol–water partition coefficient (Wildman–Crippen LogP) is 2.51. The third-order valence-electron chi connectivity index (χ3n) is 1.86. The second kappa shape index (κ2) is 3.79. The Balaban J connectivity index is 3.15. The third kappa shape index (κ3) is 2.01. The van der Waals surface area contributed by atoms with Gasteiger partial charge in [0, 0.05) is 0 Å². The highest BCUT2D eigenvalue weighted by Crippen LogP contribution is 2.23. The minimum absolute atomic E-state index is 0.0278. The van der Waals surface area contributed by atoms with Gasteiger partial charge in [0.1, 0.15) is 5.75 Å². The minimum atomic E-state index is -0.604. The molecule has 0 aliphatic heterocycles. The highest BCUT2D eigenvalue weighted by atomic mass is 35.5. The van der Waals surface area contributed by atoms with Crippen molar-refractivity contribution in [1.29, 1.82) is 0 Å². The van der Waals surface area contributed by atoms with Gasteiger partial charge in [0.15, 0.2) is 5.78 Å². The van der Waals surface area contributed by atoms with Crippen LogP contribution < -0.4 is 0 Å². The number of phenols is 1. The Kier molecular flexibility index (Phi) is 2.94. The SMILES string of the molecule is Cc1cccc(C(=O)C(C)Cl)c1O. The number of hydrogen-bond acceptors (Lipinski definition) is 2. The van der Waals surface area contributed by atoms with E-state index in [1.165, 1.54) is 0 Å². The molecule has 0 saturated carbocycles. The van der Waals surface area contributed by atoms with Crippen molar-refractivity contribution in [2.75, 3.05) is 0 Å². The van der Waals surface area contributed by atoms with Gasteiger partial charge < -0.3 is 5.11 Å². The van der Waals surface area contributed by atoms with E-state index in [2.05, 4.69) is 0 Å². The monoisotopic (exact) mass is 198 g/mol. The Morgan fingerprint density at radius 1 is 1.54 bits per heavy atom. The van der Waals surface area contributed by atoms with Gasteiger partial charge in [-0.3, -0.25) is 4.79 Å². The van der Waals surface area contributed by atoms with E-state index in [-0.39, 0.29) is 11.5 Å². The molecule has 0 heterocycles. The summed E-state index contributed by atoms with van der Waals surface area (Å²) in [6, 6.07) is 5.04. The molecule has 2 nitrogen and oxygen atoms in total. The van der Waals surface area contributed by atoms with E-state index >= 15 is 0 Å². The van der Waals surface area contributed by atoms with Crippen molar-refractivity contribution in [3.05, 3.63) is 29.3 Å². The maximum atomic E-state index is 11.4. The molecule has 0 spiro atoms. The van der Waals surface area contributed by atoms with Crippen LogP contribution >= 0.6 is 11.6 Å². The van der Waals surface area contributed by atoms with Gasteiger partial charge >= 0.3 is 0 Å². The second-order valence-corrected chi connectivity index (χ2v) is 3.61. The fourth-order valence-electron chi connectivity index (χ4n) is 1.07. The number of alkyl halides is 1. The molecule has 0 bridgehead atoms. The molecular formula is C10H11ClO2. The average Bonchev–Trinajstić information content (AvgIpc) is 2.08. The molecule has 13 heavy (non-hydrogen) atoms. The zero-order valence-corrected chi connectivity index (χ0v) is 8.30. The van der Waals surface area contributed by atoms with E-state index in [1.807, 2.05) is 0 Å². The molecule has 0 aliphatic rings. The first kappa shape index (κ1) is 10.1. The van der Waals surface area contributed by atoms with Gasteiger partial charge in [-0.05, 0) is 25.5 Å². The van der Waals surface area contributed by atoms with Crippen molar-refractivity contribution < 1.29 is 9.90 Å². The van der Waals surface area contributed by atoms with Crippen LogP contribution in [0.3, 0.4) is 0 Å². The van der Waals surface area contributed by atoms with Gasteiger partial charge in [-0.2, -0.15) is 0 Å². The van der Waals surface area contributed by atoms with Crippen molar-refractivity contribution in [3.63, 3.8) is 0 Å². The summed E-state index contributed by atoms with van der Waals surface area (Å²) < 4.78 is 0. The lowest BCUT2D eigenvalue weighted by Crippen LogP contribution is -2.10. The largest absolute Gasteiger partial charge is 0.507 e. The third-order valence-corrected chi connectivity index (χ3v) is 2.06. The van der Waals surface area contributed by atoms with Gasteiger partial charge in [-0.1, -0.05) is 12.1 Å². The molecule has 1 N–H and O–H groups in total. The van der Waals surface area contributed by atoms with Gasteiger partial charge in [0.2, 0.25) is 0 Å². The first-order valence-corrected chi connectivity index (χ1v) is 4.44. The van der Waals surface area contributed by atoms with Gasteiger partial charge in [0.25, 0.3) is 0 Å². The number of para-hydroxylation sites is 1. The first-order chi connectivity index (χ1) is 6.04. The Labute approximate surface area is 82.2 Å². The van der Waals surface area contributed by atoms with E-state index in [0.29, 0.717) is 11.1 Å². The summed E-state index contributed by atoms with van der Waals surface area (Å²) in [5.74, 6) is -0.220. The maximum absolute atomic E-state index is 11.4. The maximum Gasteiger partial charge on any atom is 0.184 e. The summed E-state index contributed by atoms with van der Waals surface area (Å²) in [7, 11) is 0. The molecule has 1 atom stereocenters. The van der Waals surface area contributed by atoms with E-state index < -0.39 is 5.38 Å². The zero-order chi connectivity index (χ0) is 10.0. The van der Waals surface area contributed by atoms with Crippen LogP contribution in [0.4, 0.5) is 0 Å². The minimum Gasteiger partial charge on any atom is -0.507 e. The van der Waals surface area contributed by atoms with Crippen molar-refractivity contribution in [1.82, 2.24) is 0 Å². The van der Waals surface area contributed by atoms with Gasteiger partial charge in [-0.15, -0.1) is 11.6 Å². The molecule has 3 heteroatoms. The molecule has 1 aromatic rings. The number of carbonyl (C=O) groups excluding carboxylic acids is 1. The summed E-state index contributed by atoms with van der Waals surface area (Å²) >= 11 is 5.63. The molecule has 0 radical (unpaired) electrons. The van der Waals surface area contributed by atoms with Crippen molar-refractivity contribution in [2.24, 2.45) is 0 Å². The lowest BCUT2D eigenvalue weighted by Gasteiger charge is -2.06. The summed E-state index contributed by atoms with van der Waals surface area (Å²) in [5.41, 5.74) is 0.977. The van der Waals surface area contributed by atoms with Crippen LogP contribution in [0.1, 0.15) is 22.8 Å². The fraction of sp³-hybridized carbons (Fsp3) is 0.300. The van der Waals surface area contributed by atoms with Gasteiger partial charge in [-0.25, -0.2) is 0 Å². The standard InChI is InChI=1S/C10H11ClO2/c1-6-4-3-5-8(9(6)12)10(13)7(2)11/h3-5,7,12H,1-2H3. The van der Waals surface area contributed by atoms with E-state index in [1.54, 1.807) is 32.0 Å². The normalized spacial score (nSPS) is 12.5. The molecule has 1 unspecified atom stereocenters. The summed E-state index contributed by atoms with van der Waals surface area (Å²) in [6.07, 6.45) is 0. The van der Waals surface area contributed by atoms with E-state index in [0.717, 1.165) is 0 Å². The molecule has 1 aromatic carbocycles. The van der Waals surface area contributed by atoms with E-state index in [9.17, 15) is 9.90 Å². The molecule has 0 aliphatic carbocycles. The number of ketones is 1. The van der Waals surface area contributed by atoms with Crippen molar-refractivity contribution >= 4 is 17.4 Å². The number of benzene rings is 1. The van der Waals surface area contributed by atoms with Crippen LogP contribution in [0, 0.1) is 6.92 Å². The topological polar surface area (TPSA) is 37.3 Å². The van der Waals surface area contributed by atoms with Gasteiger partial charge in [0.05, 0.1) is 10.9 Å². The Morgan fingerprint density at radius 2 is 2.15 bits per heavy atom. The summed E-state index contributed by atoms with van der Waals surface area (Å²) in [4.78, 5) is 11.4. The quantitative estimate of drug-likeness (QED) is 0.586. The molecule has 0 amide bonds. The number of halogens is 1.